The summed E-state index contributed by atoms with van der Waals surface area (Å²) in [6, 6.07) is 2.73. The molecule has 19 heavy (non-hydrogen) atoms. The van der Waals surface area contributed by atoms with Crippen molar-refractivity contribution >= 4 is 21.8 Å². The Morgan fingerprint density at radius 2 is 2.21 bits per heavy atom. The Labute approximate surface area is 124 Å². The lowest BCUT2D eigenvalue weighted by Crippen LogP contribution is -2.35. The second-order valence-electron chi connectivity index (χ2n) is 5.63. The van der Waals surface area contributed by atoms with Crippen LogP contribution < -0.4 is 0 Å². The summed E-state index contributed by atoms with van der Waals surface area (Å²) in [5, 5.41) is 0. The van der Waals surface area contributed by atoms with E-state index >= 15 is 0 Å². The first kappa shape index (κ1) is 14.6. The van der Waals surface area contributed by atoms with E-state index in [0.717, 1.165) is 29.6 Å². The number of unbranched alkanes of at least 4 members (excludes halogenated alkanes) is 1. The molecular formula is C15H23BrN2O. The van der Waals surface area contributed by atoms with Crippen LogP contribution in [0, 0.1) is 0 Å². The fraction of sp³-hybridized carbons (Fsp3) is 0.667. The first-order valence-electron chi connectivity index (χ1n) is 7.23. The zero-order valence-electron chi connectivity index (χ0n) is 12.0. The molecule has 1 heterocycles. The Hall–Kier alpha value is -0.770. The van der Waals surface area contributed by atoms with E-state index in [2.05, 4.69) is 46.2 Å². The summed E-state index contributed by atoms with van der Waals surface area (Å²) in [5.74, 6) is 0.190. The number of carbonyl (C=O) groups is 1. The van der Waals surface area contributed by atoms with Gasteiger partial charge in [0.1, 0.15) is 5.69 Å². The Morgan fingerprint density at radius 3 is 2.74 bits per heavy atom. The van der Waals surface area contributed by atoms with Gasteiger partial charge >= 0.3 is 0 Å². The Bertz CT molecular complexity index is 449. The molecule has 1 aromatic heterocycles. The average Bonchev–Trinajstić information content (AvgIpc) is 3.11. The molecule has 1 fully saturated rings. The molecule has 106 valence electrons. The van der Waals surface area contributed by atoms with Gasteiger partial charge in [0.05, 0.1) is 0 Å². The Balaban J connectivity index is 2.21. The molecule has 1 amide bonds. The van der Waals surface area contributed by atoms with Crippen molar-refractivity contribution < 1.29 is 4.79 Å². The van der Waals surface area contributed by atoms with Crippen LogP contribution in [-0.2, 0) is 0 Å². The second kappa shape index (κ2) is 6.12. The van der Waals surface area contributed by atoms with Crippen LogP contribution in [0.1, 0.15) is 63.0 Å². The van der Waals surface area contributed by atoms with Crippen molar-refractivity contribution in [3.8, 4) is 0 Å². The molecule has 1 aliphatic carbocycles. The highest BCUT2D eigenvalue weighted by Gasteiger charge is 2.33. The largest absolute Gasteiger partial charge is 0.340 e. The maximum Gasteiger partial charge on any atom is 0.270 e. The van der Waals surface area contributed by atoms with Gasteiger partial charge in [-0.15, -0.1) is 0 Å². The van der Waals surface area contributed by atoms with Crippen LogP contribution in [0.3, 0.4) is 0 Å². The smallest absolute Gasteiger partial charge is 0.270 e. The van der Waals surface area contributed by atoms with Gasteiger partial charge in [-0.3, -0.25) is 4.79 Å². The Kier molecular flexibility index (Phi) is 4.71. The van der Waals surface area contributed by atoms with Crippen LogP contribution in [0.2, 0.25) is 0 Å². The summed E-state index contributed by atoms with van der Waals surface area (Å²) in [6.45, 7) is 7.28. The van der Waals surface area contributed by atoms with Crippen molar-refractivity contribution in [3.63, 3.8) is 0 Å². The van der Waals surface area contributed by atoms with Crippen molar-refractivity contribution in [3.05, 3.63) is 22.4 Å². The molecule has 2 rings (SSSR count). The third-order valence-corrected chi connectivity index (χ3v) is 4.03. The molecule has 0 unspecified atom stereocenters. The number of hydrogen-bond acceptors (Lipinski definition) is 1. The maximum atomic E-state index is 12.8. The molecule has 3 nitrogen and oxygen atoms in total. The molecule has 1 aliphatic rings. The predicted octanol–water partition coefficient (Wildman–Crippen LogP) is 4.24. The van der Waals surface area contributed by atoms with Gasteiger partial charge in [0, 0.05) is 29.3 Å². The molecular weight excluding hydrogens is 304 g/mol. The van der Waals surface area contributed by atoms with Gasteiger partial charge in [0.25, 0.3) is 5.91 Å². The molecule has 4 heteroatoms. The first-order chi connectivity index (χ1) is 9.04. The predicted molar refractivity (Wildman–Crippen MR) is 81.5 cm³/mol. The fourth-order valence-electron chi connectivity index (χ4n) is 2.36. The summed E-state index contributed by atoms with van der Waals surface area (Å²) in [4.78, 5) is 14.8. The molecule has 0 aromatic carbocycles. The van der Waals surface area contributed by atoms with Crippen LogP contribution >= 0.6 is 15.9 Å². The minimum absolute atomic E-state index is 0.190. The molecule has 1 aromatic rings. The van der Waals surface area contributed by atoms with Crippen molar-refractivity contribution in [2.75, 3.05) is 6.54 Å². The van der Waals surface area contributed by atoms with Crippen molar-refractivity contribution in [2.24, 2.45) is 0 Å². The maximum absolute atomic E-state index is 12.8. The molecule has 0 atom stereocenters. The summed E-state index contributed by atoms with van der Waals surface area (Å²) in [5.41, 5.74) is 0.810. The standard InChI is InChI=1S/C15H23BrN2O/c1-4-5-8-17(13-6-7-13)15(19)14-9-12(16)10-18(14)11(2)3/h9-11,13H,4-8H2,1-3H3. The zero-order valence-corrected chi connectivity index (χ0v) is 13.6. The topological polar surface area (TPSA) is 25.2 Å². The van der Waals surface area contributed by atoms with E-state index in [1.165, 1.54) is 12.8 Å². The van der Waals surface area contributed by atoms with Gasteiger partial charge in [0.15, 0.2) is 0 Å². The average molecular weight is 327 g/mol. The van der Waals surface area contributed by atoms with Gasteiger partial charge < -0.3 is 9.47 Å². The van der Waals surface area contributed by atoms with E-state index in [1.54, 1.807) is 0 Å². The minimum Gasteiger partial charge on any atom is -0.340 e. The van der Waals surface area contributed by atoms with Gasteiger partial charge in [-0.05, 0) is 55.1 Å². The number of aromatic nitrogens is 1. The normalized spacial score (nSPS) is 15.0. The van der Waals surface area contributed by atoms with Crippen molar-refractivity contribution in [1.82, 2.24) is 9.47 Å². The van der Waals surface area contributed by atoms with E-state index < -0.39 is 0 Å². The highest BCUT2D eigenvalue weighted by Crippen LogP contribution is 2.30. The molecule has 1 saturated carbocycles. The lowest BCUT2D eigenvalue weighted by Gasteiger charge is -2.23. The van der Waals surface area contributed by atoms with Gasteiger partial charge in [0.2, 0.25) is 0 Å². The molecule has 0 spiro atoms. The summed E-state index contributed by atoms with van der Waals surface area (Å²) in [6.07, 6.45) is 6.55. The Morgan fingerprint density at radius 1 is 1.53 bits per heavy atom. The summed E-state index contributed by atoms with van der Waals surface area (Å²) < 4.78 is 3.05. The van der Waals surface area contributed by atoms with E-state index in [0.29, 0.717) is 12.1 Å². The molecule has 0 saturated heterocycles. The molecule has 0 N–H and O–H groups in total. The zero-order chi connectivity index (χ0) is 14.0. The third kappa shape index (κ3) is 3.41. The first-order valence-corrected chi connectivity index (χ1v) is 8.02. The number of halogens is 1. The van der Waals surface area contributed by atoms with E-state index in [1.807, 2.05) is 12.3 Å². The summed E-state index contributed by atoms with van der Waals surface area (Å²) >= 11 is 3.48. The highest BCUT2D eigenvalue weighted by molar-refractivity contribution is 9.10. The van der Waals surface area contributed by atoms with Gasteiger partial charge in [-0.2, -0.15) is 0 Å². The van der Waals surface area contributed by atoms with E-state index in [-0.39, 0.29) is 5.91 Å². The van der Waals surface area contributed by atoms with E-state index in [4.69, 9.17) is 0 Å². The quantitative estimate of drug-likeness (QED) is 0.767. The van der Waals surface area contributed by atoms with Crippen LogP contribution in [0.15, 0.2) is 16.7 Å². The van der Waals surface area contributed by atoms with Crippen LogP contribution in [0.25, 0.3) is 0 Å². The van der Waals surface area contributed by atoms with Crippen molar-refractivity contribution in [1.29, 1.82) is 0 Å². The fourth-order valence-corrected chi connectivity index (χ4v) is 2.79. The van der Waals surface area contributed by atoms with Gasteiger partial charge in [-0.1, -0.05) is 13.3 Å². The van der Waals surface area contributed by atoms with Crippen LogP contribution in [-0.4, -0.2) is 28.0 Å². The third-order valence-electron chi connectivity index (χ3n) is 3.59. The molecule has 0 radical (unpaired) electrons. The number of nitrogens with zero attached hydrogens (tertiary/aromatic N) is 2. The van der Waals surface area contributed by atoms with Gasteiger partial charge in [-0.25, -0.2) is 0 Å². The highest BCUT2D eigenvalue weighted by atomic mass is 79.9. The number of rotatable bonds is 6. The number of hydrogen-bond donors (Lipinski definition) is 0. The molecule has 0 bridgehead atoms. The monoisotopic (exact) mass is 326 g/mol. The number of amides is 1. The van der Waals surface area contributed by atoms with Crippen LogP contribution in [0.5, 0.6) is 0 Å². The lowest BCUT2D eigenvalue weighted by atomic mass is 10.2. The second-order valence-corrected chi connectivity index (χ2v) is 6.54. The number of carbonyl (C=O) groups excluding carboxylic acids is 1. The minimum atomic E-state index is 0.190. The van der Waals surface area contributed by atoms with E-state index in [9.17, 15) is 4.79 Å². The summed E-state index contributed by atoms with van der Waals surface area (Å²) in [7, 11) is 0. The SMILES string of the molecule is CCCCN(C(=O)c1cc(Br)cn1C(C)C)C1CC1. The van der Waals surface area contributed by atoms with Crippen LogP contribution in [0.4, 0.5) is 0 Å². The lowest BCUT2D eigenvalue weighted by molar-refractivity contribution is 0.0728. The molecule has 0 aliphatic heterocycles. The van der Waals surface area contributed by atoms with Crippen molar-refractivity contribution in [2.45, 2.75) is 58.5 Å².